The molecular formula is C27H36N10O3. The lowest BCUT2D eigenvalue weighted by molar-refractivity contribution is -0.132. The Hall–Kier alpha value is -4.26. The summed E-state index contributed by atoms with van der Waals surface area (Å²) in [4.78, 5) is 30.1. The lowest BCUT2D eigenvalue weighted by Gasteiger charge is -2.32. The summed E-state index contributed by atoms with van der Waals surface area (Å²) in [5.74, 6) is 2.66. The smallest absolute Gasteiger partial charge is 0.223 e. The molecule has 5 heterocycles. The number of likely N-dealkylation sites (tertiary alicyclic amines) is 1. The number of hydrogen-bond acceptors (Lipinski definition) is 11. The van der Waals surface area contributed by atoms with Crippen LogP contribution in [0.5, 0.6) is 5.75 Å². The minimum atomic E-state index is 0.149. The summed E-state index contributed by atoms with van der Waals surface area (Å²) in [5.41, 5.74) is 9.88. The van der Waals surface area contributed by atoms with Gasteiger partial charge in [0, 0.05) is 38.3 Å². The zero-order valence-electron chi connectivity index (χ0n) is 23.4. The highest BCUT2D eigenvalue weighted by atomic mass is 16.5. The molecule has 4 aromatic rings. The summed E-state index contributed by atoms with van der Waals surface area (Å²) in [5, 5.41) is 11.8. The number of aromatic nitrogens is 6. The van der Waals surface area contributed by atoms with Crippen molar-refractivity contribution in [1.29, 1.82) is 0 Å². The normalized spacial score (nSPS) is 14.3. The topological polar surface area (TPSA) is 153 Å². The Labute approximate surface area is 232 Å². The number of pyridine rings is 1. The van der Waals surface area contributed by atoms with Crippen LogP contribution in [0.1, 0.15) is 47.9 Å². The van der Waals surface area contributed by atoms with Crippen LogP contribution in [-0.4, -0.2) is 86.4 Å². The average molecular weight is 549 g/mol. The van der Waals surface area contributed by atoms with Gasteiger partial charge in [-0.25, -0.2) is 4.98 Å². The number of piperidine rings is 1. The van der Waals surface area contributed by atoms with E-state index in [1.807, 2.05) is 43.1 Å². The quantitative estimate of drug-likeness (QED) is 0.300. The lowest BCUT2D eigenvalue weighted by atomic mass is 9.90. The first kappa shape index (κ1) is 27.3. The molecule has 1 aliphatic rings. The van der Waals surface area contributed by atoms with E-state index >= 15 is 0 Å². The van der Waals surface area contributed by atoms with Crippen molar-refractivity contribution in [3.8, 4) is 5.75 Å². The fourth-order valence-electron chi connectivity index (χ4n) is 5.02. The van der Waals surface area contributed by atoms with E-state index in [0.717, 1.165) is 55.2 Å². The maximum absolute atomic E-state index is 12.5. The molecule has 4 aromatic heterocycles. The standard InChI is InChI=1S/C27H36N10O3/c1-17-11-20(34-40-17)14-30-26-25-21(32-27(28)33-26)15-31-37(25)16-22-23(39-4)12-19(13-29-22)18-5-9-36(10-6-18)24(38)7-8-35(2)3/h11-13,15,18H,5-10,14,16H2,1-4H3,(H3,28,30,32,33). The molecule has 1 saturated heterocycles. The van der Waals surface area contributed by atoms with Crippen molar-refractivity contribution in [2.24, 2.45) is 0 Å². The van der Waals surface area contributed by atoms with Crippen molar-refractivity contribution in [3.05, 3.63) is 47.2 Å². The Kier molecular flexibility index (Phi) is 8.10. The second-order valence-corrected chi connectivity index (χ2v) is 10.4. The number of carbonyl (C=O) groups excluding carboxylic acids is 1. The summed E-state index contributed by atoms with van der Waals surface area (Å²) in [6, 6.07) is 3.91. The highest BCUT2D eigenvalue weighted by Crippen LogP contribution is 2.32. The Bertz CT molecular complexity index is 1470. The molecule has 1 amide bonds. The third kappa shape index (κ3) is 6.14. The van der Waals surface area contributed by atoms with Crippen LogP contribution in [0.2, 0.25) is 0 Å². The van der Waals surface area contributed by atoms with Crippen LogP contribution in [0.4, 0.5) is 11.8 Å². The molecule has 0 aromatic carbocycles. The van der Waals surface area contributed by atoms with E-state index in [1.165, 1.54) is 0 Å². The zero-order valence-corrected chi connectivity index (χ0v) is 23.4. The number of anilines is 2. The molecule has 0 bridgehead atoms. The first-order valence-electron chi connectivity index (χ1n) is 13.4. The predicted octanol–water partition coefficient (Wildman–Crippen LogP) is 2.43. The van der Waals surface area contributed by atoms with E-state index < -0.39 is 0 Å². The number of amides is 1. The molecule has 0 aliphatic carbocycles. The van der Waals surface area contributed by atoms with Gasteiger partial charge in [0.25, 0.3) is 0 Å². The van der Waals surface area contributed by atoms with Gasteiger partial charge in [0.2, 0.25) is 11.9 Å². The zero-order chi connectivity index (χ0) is 28.2. The number of ether oxygens (including phenoxy) is 1. The molecule has 0 spiro atoms. The number of nitrogens with zero attached hydrogens (tertiary/aromatic N) is 8. The maximum Gasteiger partial charge on any atom is 0.223 e. The maximum atomic E-state index is 12.5. The van der Waals surface area contributed by atoms with Gasteiger partial charge in [0.1, 0.15) is 33.9 Å². The predicted molar refractivity (Wildman–Crippen MR) is 150 cm³/mol. The van der Waals surface area contributed by atoms with E-state index in [1.54, 1.807) is 18.0 Å². The number of carbonyl (C=O) groups is 1. The van der Waals surface area contributed by atoms with Crippen molar-refractivity contribution in [1.82, 2.24) is 39.7 Å². The number of nitrogens with one attached hydrogen (secondary N) is 1. The van der Waals surface area contributed by atoms with E-state index in [-0.39, 0.29) is 11.9 Å². The Morgan fingerprint density at radius 1 is 1.23 bits per heavy atom. The van der Waals surface area contributed by atoms with Crippen molar-refractivity contribution < 1.29 is 14.1 Å². The summed E-state index contributed by atoms with van der Waals surface area (Å²) in [6.45, 7) is 4.89. The molecule has 0 unspecified atom stereocenters. The van der Waals surface area contributed by atoms with Crippen molar-refractivity contribution >= 4 is 28.7 Å². The van der Waals surface area contributed by atoms with E-state index in [4.69, 9.17) is 20.0 Å². The molecule has 212 valence electrons. The molecule has 40 heavy (non-hydrogen) atoms. The van der Waals surface area contributed by atoms with Crippen molar-refractivity contribution in [3.63, 3.8) is 0 Å². The Balaban J connectivity index is 1.30. The molecular weight excluding hydrogens is 512 g/mol. The van der Waals surface area contributed by atoms with Crippen molar-refractivity contribution in [2.45, 2.75) is 45.2 Å². The average Bonchev–Trinajstić information content (AvgIpc) is 3.56. The molecule has 3 N–H and O–H groups in total. The highest BCUT2D eigenvalue weighted by Gasteiger charge is 2.25. The van der Waals surface area contributed by atoms with Gasteiger partial charge < -0.3 is 30.1 Å². The number of nitrogen functional groups attached to an aromatic ring is 1. The number of hydrogen-bond donors (Lipinski definition) is 2. The fraction of sp³-hybridized carbons (Fsp3) is 0.481. The van der Waals surface area contributed by atoms with Gasteiger partial charge in [-0.05, 0) is 51.4 Å². The number of aryl methyl sites for hydroxylation is 1. The van der Waals surface area contributed by atoms with Crippen LogP contribution in [0, 0.1) is 6.92 Å². The summed E-state index contributed by atoms with van der Waals surface area (Å²) >= 11 is 0. The molecule has 1 aliphatic heterocycles. The Morgan fingerprint density at radius 2 is 2.02 bits per heavy atom. The number of nitrogens with two attached hydrogens (primary N) is 1. The number of methoxy groups -OCH3 is 1. The third-order valence-electron chi connectivity index (χ3n) is 7.18. The first-order chi connectivity index (χ1) is 19.3. The SMILES string of the molecule is COc1cc(C2CCN(C(=O)CCN(C)C)CC2)cnc1Cn1ncc2nc(N)nc(NCc3cc(C)on3)c21. The molecule has 1 fully saturated rings. The van der Waals surface area contributed by atoms with E-state index in [0.29, 0.717) is 48.0 Å². The number of fused-ring (bicyclic) bond motifs is 1. The van der Waals surface area contributed by atoms with E-state index in [9.17, 15) is 4.79 Å². The second-order valence-electron chi connectivity index (χ2n) is 10.4. The van der Waals surface area contributed by atoms with Crippen LogP contribution in [0.15, 0.2) is 29.0 Å². The fourth-order valence-corrected chi connectivity index (χ4v) is 5.02. The van der Waals surface area contributed by atoms with Crippen LogP contribution in [0.3, 0.4) is 0 Å². The lowest BCUT2D eigenvalue weighted by Crippen LogP contribution is -2.39. The van der Waals surface area contributed by atoms with Gasteiger partial charge in [-0.3, -0.25) is 14.5 Å². The van der Waals surface area contributed by atoms with Gasteiger partial charge in [-0.1, -0.05) is 5.16 Å². The monoisotopic (exact) mass is 548 g/mol. The molecule has 0 atom stereocenters. The van der Waals surface area contributed by atoms with Gasteiger partial charge in [-0.2, -0.15) is 10.1 Å². The van der Waals surface area contributed by atoms with Crippen LogP contribution in [0.25, 0.3) is 11.0 Å². The Morgan fingerprint density at radius 3 is 2.73 bits per heavy atom. The van der Waals surface area contributed by atoms with Gasteiger partial charge in [0.05, 0.1) is 26.4 Å². The summed E-state index contributed by atoms with van der Waals surface area (Å²) in [7, 11) is 5.62. The molecule has 13 heteroatoms. The van der Waals surface area contributed by atoms with Gasteiger partial charge in [-0.15, -0.1) is 0 Å². The second kappa shape index (κ2) is 11.9. The minimum Gasteiger partial charge on any atom is -0.495 e. The molecule has 0 saturated carbocycles. The summed E-state index contributed by atoms with van der Waals surface area (Å²) < 4.78 is 12.7. The van der Waals surface area contributed by atoms with Crippen LogP contribution in [-0.2, 0) is 17.9 Å². The molecule has 0 radical (unpaired) electrons. The first-order valence-corrected chi connectivity index (χ1v) is 13.4. The van der Waals surface area contributed by atoms with Crippen LogP contribution < -0.4 is 15.8 Å². The van der Waals surface area contributed by atoms with Crippen molar-refractivity contribution in [2.75, 3.05) is 51.9 Å². The van der Waals surface area contributed by atoms with Gasteiger partial charge in [0.15, 0.2) is 5.82 Å². The minimum absolute atomic E-state index is 0.149. The molecule has 5 rings (SSSR count). The van der Waals surface area contributed by atoms with E-state index in [2.05, 4.69) is 31.6 Å². The number of rotatable bonds is 10. The van der Waals surface area contributed by atoms with Gasteiger partial charge >= 0.3 is 0 Å². The third-order valence-corrected chi connectivity index (χ3v) is 7.18. The molecule has 13 nitrogen and oxygen atoms in total. The summed E-state index contributed by atoms with van der Waals surface area (Å²) in [6.07, 6.45) is 5.94. The largest absolute Gasteiger partial charge is 0.495 e. The highest BCUT2D eigenvalue weighted by molar-refractivity contribution is 5.86. The van der Waals surface area contributed by atoms with Crippen LogP contribution >= 0.6 is 0 Å².